The van der Waals surface area contributed by atoms with Crippen molar-refractivity contribution in [3.63, 3.8) is 0 Å². The van der Waals surface area contributed by atoms with E-state index >= 15 is 0 Å². The van der Waals surface area contributed by atoms with Crippen LogP contribution < -0.4 is 10.2 Å². The summed E-state index contributed by atoms with van der Waals surface area (Å²) < 4.78 is 11.5. The molecule has 1 aromatic carbocycles. The van der Waals surface area contributed by atoms with E-state index in [4.69, 9.17) is 9.47 Å². The molecule has 4 rings (SSSR count). The summed E-state index contributed by atoms with van der Waals surface area (Å²) in [6, 6.07) is 11.8. The minimum atomic E-state index is -1.19. The van der Waals surface area contributed by atoms with Crippen molar-refractivity contribution in [2.45, 2.75) is 5.60 Å². The largest absolute Gasteiger partial charge is 0.496 e. The Balaban J connectivity index is 1.57. The normalized spacial score (nSPS) is 22.0. The molecule has 8 heteroatoms. The van der Waals surface area contributed by atoms with Gasteiger partial charge in [-0.3, -0.25) is 9.78 Å². The van der Waals surface area contributed by atoms with Crippen LogP contribution in [0.15, 0.2) is 54.6 Å². The highest BCUT2D eigenvalue weighted by Crippen LogP contribution is 2.47. The Morgan fingerprint density at radius 3 is 2.55 bits per heavy atom. The molecule has 164 valence electrons. The summed E-state index contributed by atoms with van der Waals surface area (Å²) >= 11 is 1.55. The zero-order chi connectivity index (χ0) is 21.8. The van der Waals surface area contributed by atoms with Crippen LogP contribution in [-0.4, -0.2) is 74.6 Å². The average Bonchev–Trinajstić information content (AvgIpc) is 3.20. The van der Waals surface area contributed by atoms with Gasteiger partial charge in [0.2, 0.25) is 5.60 Å². The number of anilines is 2. The monoisotopic (exact) mass is 440 g/mol. The molecule has 0 bridgehead atoms. The van der Waals surface area contributed by atoms with Crippen LogP contribution >= 0.6 is 11.8 Å². The van der Waals surface area contributed by atoms with Crippen LogP contribution in [0.1, 0.15) is 5.56 Å². The molecule has 1 N–H and O–H groups in total. The molecule has 1 fully saturated rings. The first-order chi connectivity index (χ1) is 15.1. The van der Waals surface area contributed by atoms with Gasteiger partial charge in [0.05, 0.1) is 12.0 Å². The minimum absolute atomic E-state index is 0.237. The smallest absolute Gasteiger partial charge is 0.265 e. The molecule has 7 nitrogen and oxygen atoms in total. The maximum atomic E-state index is 13.4. The first kappa shape index (κ1) is 21.7. The summed E-state index contributed by atoms with van der Waals surface area (Å²) in [5.41, 5.74) is 1.62. The zero-order valence-electron chi connectivity index (χ0n) is 18.1. The van der Waals surface area contributed by atoms with Gasteiger partial charge in [-0.15, -0.1) is 11.8 Å². The second-order valence-electron chi connectivity index (χ2n) is 7.71. The van der Waals surface area contributed by atoms with Crippen molar-refractivity contribution in [3.8, 4) is 0 Å². The number of hydrogen-bond donors (Lipinski definition) is 1. The predicted molar refractivity (Wildman–Crippen MR) is 125 cm³/mol. The highest BCUT2D eigenvalue weighted by Gasteiger charge is 2.50. The van der Waals surface area contributed by atoms with Crippen molar-refractivity contribution in [2.24, 2.45) is 0 Å². The van der Waals surface area contributed by atoms with Crippen molar-refractivity contribution in [1.29, 1.82) is 0 Å². The molecular formula is C23H28N4O3S. The Kier molecular flexibility index (Phi) is 6.50. The molecule has 1 saturated heterocycles. The number of rotatable bonds is 6. The van der Waals surface area contributed by atoms with E-state index < -0.39 is 5.60 Å². The number of thioether (sulfide) groups is 1. The van der Waals surface area contributed by atoms with Crippen LogP contribution in [0.3, 0.4) is 0 Å². The summed E-state index contributed by atoms with van der Waals surface area (Å²) in [4.78, 5) is 23.1. The van der Waals surface area contributed by atoms with Crippen LogP contribution in [0, 0.1) is 0 Å². The van der Waals surface area contributed by atoms with Gasteiger partial charge in [-0.05, 0) is 42.9 Å². The third-order valence-corrected chi connectivity index (χ3v) is 7.09. The summed E-state index contributed by atoms with van der Waals surface area (Å²) in [6.07, 6.45) is 3.46. The Morgan fingerprint density at radius 2 is 1.87 bits per heavy atom. The fraction of sp³-hybridized carbons (Fsp3) is 0.391. The van der Waals surface area contributed by atoms with Gasteiger partial charge < -0.3 is 24.6 Å². The van der Waals surface area contributed by atoms with Crippen molar-refractivity contribution >= 4 is 33.9 Å². The number of pyridine rings is 1. The highest BCUT2D eigenvalue weighted by atomic mass is 32.2. The number of methoxy groups -OCH3 is 2. The molecular weight excluding hydrogens is 412 g/mol. The van der Waals surface area contributed by atoms with E-state index in [9.17, 15) is 4.79 Å². The molecule has 2 aliphatic rings. The Bertz CT molecular complexity index is 960. The number of carbonyl (C=O) groups is 1. The molecule has 0 spiro atoms. The molecule has 1 atom stereocenters. The summed E-state index contributed by atoms with van der Waals surface area (Å²) in [7, 11) is 5.27. The molecule has 1 aromatic heterocycles. The molecule has 0 radical (unpaired) electrons. The van der Waals surface area contributed by atoms with Crippen molar-refractivity contribution in [3.05, 3.63) is 60.1 Å². The van der Waals surface area contributed by atoms with Crippen molar-refractivity contribution in [2.75, 3.05) is 63.4 Å². The number of piperazine rings is 1. The number of likely N-dealkylation sites (N-methyl/N-ethyl adjacent to an activating group) is 1. The second kappa shape index (κ2) is 9.30. The minimum Gasteiger partial charge on any atom is -0.496 e. The van der Waals surface area contributed by atoms with Crippen LogP contribution in [0.4, 0.5) is 11.4 Å². The van der Waals surface area contributed by atoms with E-state index in [-0.39, 0.29) is 5.91 Å². The number of benzene rings is 1. The molecule has 2 aliphatic heterocycles. The van der Waals surface area contributed by atoms with Crippen LogP contribution in [0.2, 0.25) is 0 Å². The van der Waals surface area contributed by atoms with E-state index in [1.165, 1.54) is 0 Å². The maximum absolute atomic E-state index is 13.4. The second-order valence-corrected chi connectivity index (χ2v) is 8.70. The fourth-order valence-electron chi connectivity index (χ4n) is 3.95. The summed E-state index contributed by atoms with van der Waals surface area (Å²) in [5, 5.41) is 3.06. The summed E-state index contributed by atoms with van der Waals surface area (Å²) in [5.74, 6) is 0.728. The third kappa shape index (κ3) is 4.28. The molecule has 3 heterocycles. The molecule has 0 saturated carbocycles. The lowest BCUT2D eigenvalue weighted by Crippen LogP contribution is -2.47. The third-order valence-electron chi connectivity index (χ3n) is 5.83. The van der Waals surface area contributed by atoms with E-state index in [1.807, 2.05) is 30.3 Å². The van der Waals surface area contributed by atoms with E-state index in [0.717, 1.165) is 48.0 Å². The van der Waals surface area contributed by atoms with E-state index in [1.54, 1.807) is 38.4 Å². The standard InChI is InChI=1S/C23H28N4O3S/c1-26-11-13-27(14-12-26)19-6-4-5-18(15-19)25-22(28)23(30-3)16-31-20(21(23)29-2)17-7-9-24-10-8-17/h4-10,15H,11-14,16H2,1-3H3,(H,25,28). The van der Waals surface area contributed by atoms with Gasteiger partial charge in [0.1, 0.15) is 0 Å². The number of hydrogen-bond acceptors (Lipinski definition) is 7. The van der Waals surface area contributed by atoms with E-state index in [2.05, 4.69) is 33.2 Å². The Morgan fingerprint density at radius 1 is 1.13 bits per heavy atom. The number of amides is 1. The van der Waals surface area contributed by atoms with Gasteiger partial charge in [-0.25, -0.2) is 0 Å². The van der Waals surface area contributed by atoms with Crippen LogP contribution in [0.25, 0.3) is 4.91 Å². The number of carbonyl (C=O) groups excluding carboxylic acids is 1. The van der Waals surface area contributed by atoms with Gasteiger partial charge in [0.25, 0.3) is 5.91 Å². The Hall–Kier alpha value is -2.55. The van der Waals surface area contributed by atoms with Gasteiger partial charge in [0.15, 0.2) is 5.76 Å². The quantitative estimate of drug-likeness (QED) is 0.741. The lowest BCUT2D eigenvalue weighted by atomic mass is 10.00. The predicted octanol–water partition coefficient (Wildman–Crippen LogP) is 2.92. The SMILES string of the molecule is COC1=C(c2ccncc2)SCC1(OC)C(=O)Nc1cccc(N2CCN(C)CC2)c1. The zero-order valence-corrected chi connectivity index (χ0v) is 18.9. The highest BCUT2D eigenvalue weighted by molar-refractivity contribution is 8.08. The molecule has 0 aliphatic carbocycles. The van der Waals surface area contributed by atoms with Gasteiger partial charge in [-0.2, -0.15) is 0 Å². The maximum Gasteiger partial charge on any atom is 0.265 e. The van der Waals surface area contributed by atoms with Crippen LogP contribution in [0.5, 0.6) is 0 Å². The van der Waals surface area contributed by atoms with Crippen LogP contribution in [-0.2, 0) is 14.3 Å². The number of nitrogens with zero attached hydrogens (tertiary/aromatic N) is 3. The topological polar surface area (TPSA) is 66.9 Å². The van der Waals surface area contributed by atoms with E-state index in [0.29, 0.717) is 11.5 Å². The average molecular weight is 441 g/mol. The number of aromatic nitrogens is 1. The molecule has 1 amide bonds. The van der Waals surface area contributed by atoms with Crippen molar-refractivity contribution in [1.82, 2.24) is 9.88 Å². The van der Waals surface area contributed by atoms with Gasteiger partial charge in [0, 0.05) is 62.8 Å². The Labute approximate surface area is 187 Å². The lowest BCUT2D eigenvalue weighted by molar-refractivity contribution is -0.134. The van der Waals surface area contributed by atoms with Crippen molar-refractivity contribution < 1.29 is 14.3 Å². The molecule has 1 unspecified atom stereocenters. The molecule has 2 aromatic rings. The van der Waals surface area contributed by atoms with Gasteiger partial charge in [-0.1, -0.05) is 6.07 Å². The number of nitrogens with one attached hydrogen (secondary N) is 1. The first-order valence-electron chi connectivity index (χ1n) is 10.3. The van der Waals surface area contributed by atoms with Gasteiger partial charge >= 0.3 is 0 Å². The first-order valence-corrected chi connectivity index (χ1v) is 11.3. The molecule has 31 heavy (non-hydrogen) atoms. The number of ether oxygens (including phenoxy) is 2. The fourth-order valence-corrected chi connectivity index (χ4v) is 5.36. The lowest BCUT2D eigenvalue weighted by Gasteiger charge is -2.34. The summed E-state index contributed by atoms with van der Waals surface area (Å²) in [6.45, 7) is 4.00.